The lowest BCUT2D eigenvalue weighted by atomic mass is 10.1. The molecule has 0 aliphatic carbocycles. The molecule has 6 heteroatoms. The molecule has 1 atom stereocenters. The van der Waals surface area contributed by atoms with Crippen LogP contribution < -0.4 is 10.2 Å². The maximum atomic E-state index is 12.2. The Hall–Kier alpha value is -2.34. The van der Waals surface area contributed by atoms with Gasteiger partial charge in [0.05, 0.1) is 18.0 Å². The van der Waals surface area contributed by atoms with Gasteiger partial charge in [0.2, 0.25) is 0 Å². The van der Waals surface area contributed by atoms with Crippen molar-refractivity contribution in [2.75, 3.05) is 18.0 Å². The fraction of sp³-hybridized carbons (Fsp3) is 0.333. The first-order valence-corrected chi connectivity index (χ1v) is 8.60. The van der Waals surface area contributed by atoms with Crippen LogP contribution in [-0.2, 0) is 4.74 Å². The van der Waals surface area contributed by atoms with Crippen molar-refractivity contribution in [3.05, 3.63) is 51.7 Å². The molecular formula is C18H20N2O3S. The third kappa shape index (κ3) is 3.43. The molecule has 1 aromatic heterocycles. The van der Waals surface area contributed by atoms with Gasteiger partial charge in [0, 0.05) is 10.6 Å². The maximum Gasteiger partial charge on any atom is 0.415 e. The minimum atomic E-state index is -0.746. The van der Waals surface area contributed by atoms with E-state index in [0.29, 0.717) is 11.4 Å². The van der Waals surface area contributed by atoms with Crippen LogP contribution in [0, 0.1) is 13.8 Å². The number of amides is 2. The Morgan fingerprint density at radius 3 is 2.58 bits per heavy atom. The highest BCUT2D eigenvalue weighted by Crippen LogP contribution is 2.28. The van der Waals surface area contributed by atoms with Crippen LogP contribution in [0.3, 0.4) is 0 Å². The number of thiophene rings is 1. The average molecular weight is 344 g/mol. The zero-order valence-electron chi connectivity index (χ0n) is 14.0. The van der Waals surface area contributed by atoms with E-state index >= 15 is 0 Å². The lowest BCUT2D eigenvalue weighted by molar-refractivity contribution is 0.0655. The topological polar surface area (TPSA) is 58.6 Å². The number of nitrogens with one attached hydrogen (secondary N) is 1. The van der Waals surface area contributed by atoms with Crippen molar-refractivity contribution in [1.82, 2.24) is 5.32 Å². The fourth-order valence-electron chi connectivity index (χ4n) is 2.62. The first-order valence-electron chi connectivity index (χ1n) is 7.78. The van der Waals surface area contributed by atoms with Gasteiger partial charge in [-0.15, -0.1) is 11.3 Å². The van der Waals surface area contributed by atoms with Crippen LogP contribution in [0.4, 0.5) is 10.5 Å². The van der Waals surface area contributed by atoms with Gasteiger partial charge < -0.3 is 10.1 Å². The summed E-state index contributed by atoms with van der Waals surface area (Å²) in [4.78, 5) is 27.7. The van der Waals surface area contributed by atoms with Crippen LogP contribution >= 0.6 is 11.3 Å². The van der Waals surface area contributed by atoms with Crippen molar-refractivity contribution in [2.45, 2.75) is 26.4 Å². The molecule has 2 heterocycles. The van der Waals surface area contributed by atoms with Crippen molar-refractivity contribution < 1.29 is 14.3 Å². The highest BCUT2D eigenvalue weighted by molar-refractivity contribution is 7.13. The fourth-order valence-corrected chi connectivity index (χ4v) is 3.41. The first-order chi connectivity index (χ1) is 11.4. The Labute approximate surface area is 145 Å². The minimum absolute atomic E-state index is 0.140. The number of carbonyl (C=O) groups is 2. The Morgan fingerprint density at radius 2 is 1.96 bits per heavy atom. The van der Waals surface area contributed by atoms with Crippen LogP contribution in [0.5, 0.6) is 0 Å². The van der Waals surface area contributed by atoms with Gasteiger partial charge in [0.25, 0.3) is 5.91 Å². The minimum Gasteiger partial charge on any atom is -0.439 e. The van der Waals surface area contributed by atoms with E-state index in [4.69, 9.17) is 4.74 Å². The molecule has 5 nitrogen and oxygen atoms in total. The molecule has 0 bridgehead atoms. The molecule has 1 aromatic carbocycles. The highest BCUT2D eigenvalue weighted by Gasteiger charge is 2.42. The highest BCUT2D eigenvalue weighted by atomic mass is 32.1. The lowest BCUT2D eigenvalue weighted by Gasteiger charge is -2.22. The summed E-state index contributed by atoms with van der Waals surface area (Å²) in [6, 6.07) is 11.4. The van der Waals surface area contributed by atoms with Gasteiger partial charge in [0.1, 0.15) is 5.60 Å². The molecule has 0 radical (unpaired) electrons. The maximum absolute atomic E-state index is 12.2. The average Bonchev–Trinajstić information content (AvgIpc) is 3.10. The molecule has 1 fully saturated rings. The van der Waals surface area contributed by atoms with E-state index in [1.54, 1.807) is 11.0 Å². The predicted molar refractivity (Wildman–Crippen MR) is 94.8 cm³/mol. The summed E-state index contributed by atoms with van der Waals surface area (Å²) in [6.07, 6.45) is -0.387. The summed E-state index contributed by atoms with van der Waals surface area (Å²) < 4.78 is 5.51. The number of carbonyl (C=O) groups excluding carboxylic acids is 2. The molecule has 2 amide bonds. The Kier molecular flexibility index (Phi) is 4.32. The van der Waals surface area contributed by atoms with E-state index < -0.39 is 5.60 Å². The summed E-state index contributed by atoms with van der Waals surface area (Å²) in [5, 5.41) is 2.86. The summed E-state index contributed by atoms with van der Waals surface area (Å²) >= 11 is 1.45. The largest absolute Gasteiger partial charge is 0.439 e. The number of benzene rings is 1. The van der Waals surface area contributed by atoms with Crippen molar-refractivity contribution >= 4 is 29.0 Å². The third-order valence-corrected chi connectivity index (χ3v) is 4.98. The van der Waals surface area contributed by atoms with Crippen molar-refractivity contribution in [3.63, 3.8) is 0 Å². The molecule has 1 N–H and O–H groups in total. The van der Waals surface area contributed by atoms with Gasteiger partial charge in [-0.1, -0.05) is 17.7 Å². The van der Waals surface area contributed by atoms with Crippen LogP contribution in [0.25, 0.3) is 0 Å². The number of ether oxygens (including phenoxy) is 1. The first kappa shape index (κ1) is 16.5. The zero-order valence-corrected chi connectivity index (χ0v) is 14.8. The third-order valence-electron chi connectivity index (χ3n) is 3.98. The second-order valence-electron chi connectivity index (χ2n) is 6.33. The molecule has 2 aromatic rings. The number of nitrogens with zero attached hydrogens (tertiary/aromatic N) is 1. The summed E-state index contributed by atoms with van der Waals surface area (Å²) in [5.74, 6) is -0.140. The Bertz CT molecular complexity index is 769. The number of cyclic esters (lactones) is 1. The quantitative estimate of drug-likeness (QED) is 0.923. The van der Waals surface area contributed by atoms with Crippen LogP contribution in [0.15, 0.2) is 36.4 Å². The summed E-state index contributed by atoms with van der Waals surface area (Å²) in [7, 11) is 0. The van der Waals surface area contributed by atoms with Crippen LogP contribution in [-0.4, -0.2) is 30.7 Å². The molecule has 24 heavy (non-hydrogen) atoms. The molecular weight excluding hydrogens is 324 g/mol. The lowest BCUT2D eigenvalue weighted by Crippen LogP contribution is -2.43. The van der Waals surface area contributed by atoms with E-state index in [0.717, 1.165) is 16.1 Å². The molecule has 1 saturated heterocycles. The molecule has 3 rings (SSSR count). The molecule has 126 valence electrons. The summed E-state index contributed by atoms with van der Waals surface area (Å²) in [6.45, 7) is 6.47. The Morgan fingerprint density at radius 1 is 1.25 bits per heavy atom. The zero-order chi connectivity index (χ0) is 17.3. The number of rotatable bonds is 4. The number of hydrogen-bond acceptors (Lipinski definition) is 4. The second-order valence-corrected chi connectivity index (χ2v) is 7.62. The van der Waals surface area contributed by atoms with Crippen LogP contribution in [0.1, 0.15) is 27.0 Å². The number of hydrogen-bond donors (Lipinski definition) is 1. The van der Waals surface area contributed by atoms with Crippen LogP contribution in [0.2, 0.25) is 0 Å². The second kappa shape index (κ2) is 6.28. The SMILES string of the molecule is Cc1ccc(N2CC(C)(CNC(=O)c3ccc(C)s3)OC2=O)cc1. The van der Waals surface area contributed by atoms with Gasteiger partial charge in [-0.25, -0.2) is 4.79 Å². The van der Waals surface area contributed by atoms with Crippen molar-refractivity contribution in [1.29, 1.82) is 0 Å². The predicted octanol–water partition coefficient (Wildman–Crippen LogP) is 3.51. The Balaban J connectivity index is 1.65. The normalized spacial score (nSPS) is 20.1. The molecule has 0 saturated carbocycles. The van der Waals surface area contributed by atoms with Crippen molar-refractivity contribution in [3.8, 4) is 0 Å². The molecule has 0 spiro atoms. The van der Waals surface area contributed by atoms with E-state index in [9.17, 15) is 9.59 Å². The van der Waals surface area contributed by atoms with Gasteiger partial charge in [-0.2, -0.15) is 0 Å². The van der Waals surface area contributed by atoms with Gasteiger partial charge in [-0.05, 0) is 45.0 Å². The summed E-state index contributed by atoms with van der Waals surface area (Å²) in [5.41, 5.74) is 1.19. The molecule has 1 unspecified atom stereocenters. The monoisotopic (exact) mass is 344 g/mol. The molecule has 1 aliphatic heterocycles. The van der Waals surface area contributed by atoms with Gasteiger partial charge in [-0.3, -0.25) is 9.69 Å². The smallest absolute Gasteiger partial charge is 0.415 e. The van der Waals surface area contributed by atoms with Gasteiger partial charge in [0.15, 0.2) is 0 Å². The van der Waals surface area contributed by atoms with E-state index in [-0.39, 0.29) is 18.5 Å². The van der Waals surface area contributed by atoms with Crippen molar-refractivity contribution in [2.24, 2.45) is 0 Å². The standard InChI is InChI=1S/C18H20N2O3S/c1-12-4-7-14(8-5-12)20-11-18(3,23-17(20)22)10-19-16(21)15-9-6-13(2)24-15/h4-9H,10-11H2,1-3H3,(H,19,21). The molecule has 1 aliphatic rings. The van der Waals surface area contributed by atoms with E-state index in [1.165, 1.54) is 11.3 Å². The number of aryl methyl sites for hydroxylation is 2. The van der Waals surface area contributed by atoms with E-state index in [2.05, 4.69) is 5.32 Å². The van der Waals surface area contributed by atoms with Gasteiger partial charge >= 0.3 is 6.09 Å². The van der Waals surface area contributed by atoms with E-state index in [1.807, 2.05) is 51.1 Å². The number of anilines is 1.